The first kappa shape index (κ1) is 9.47. The predicted octanol–water partition coefficient (Wildman–Crippen LogP) is 0.606. The molecule has 1 aromatic heterocycles. The lowest BCUT2D eigenvalue weighted by molar-refractivity contribution is 0.379. The van der Waals surface area contributed by atoms with E-state index in [4.69, 9.17) is 10.3 Å². The monoisotopic (exact) mass is 207 g/mol. The maximum Gasteiger partial charge on any atom is 0.240 e. The van der Waals surface area contributed by atoms with Crippen molar-refractivity contribution in [1.82, 2.24) is 10.1 Å². The summed E-state index contributed by atoms with van der Waals surface area (Å²) >= 11 is 0. The van der Waals surface area contributed by atoms with E-state index in [1.807, 2.05) is 0 Å². The summed E-state index contributed by atoms with van der Waals surface area (Å²) in [6.07, 6.45) is 0. The number of phenolic OH excluding ortho intramolecular Hbond substituents is 2. The molecule has 0 atom stereocenters. The van der Waals surface area contributed by atoms with Crippen LogP contribution in [0.5, 0.6) is 11.5 Å². The summed E-state index contributed by atoms with van der Waals surface area (Å²) in [7, 11) is 0. The van der Waals surface area contributed by atoms with Gasteiger partial charge in [0, 0.05) is 0 Å². The SMILES string of the molecule is NCc1nc(-c2c(O)cccc2O)no1. The van der Waals surface area contributed by atoms with Crippen molar-refractivity contribution in [3.05, 3.63) is 24.1 Å². The molecule has 0 saturated carbocycles. The number of benzene rings is 1. The van der Waals surface area contributed by atoms with Crippen LogP contribution in [0.3, 0.4) is 0 Å². The van der Waals surface area contributed by atoms with E-state index in [1.54, 1.807) is 0 Å². The molecule has 6 heteroatoms. The first-order valence-corrected chi connectivity index (χ1v) is 4.26. The topological polar surface area (TPSA) is 105 Å². The van der Waals surface area contributed by atoms with Gasteiger partial charge in [0.05, 0.1) is 6.54 Å². The van der Waals surface area contributed by atoms with Gasteiger partial charge >= 0.3 is 0 Å². The van der Waals surface area contributed by atoms with E-state index >= 15 is 0 Å². The third kappa shape index (κ3) is 1.62. The fraction of sp³-hybridized carbons (Fsp3) is 0.111. The van der Waals surface area contributed by atoms with Gasteiger partial charge in [-0.05, 0) is 12.1 Å². The second kappa shape index (κ2) is 3.58. The molecule has 0 aliphatic heterocycles. The highest BCUT2D eigenvalue weighted by Gasteiger charge is 2.15. The number of phenols is 2. The molecule has 0 aliphatic carbocycles. The van der Waals surface area contributed by atoms with Crippen LogP contribution in [0.1, 0.15) is 5.89 Å². The largest absolute Gasteiger partial charge is 0.507 e. The molecule has 0 radical (unpaired) electrons. The van der Waals surface area contributed by atoms with E-state index < -0.39 is 0 Å². The summed E-state index contributed by atoms with van der Waals surface area (Å²) in [5, 5.41) is 22.6. The second-order valence-corrected chi connectivity index (χ2v) is 2.89. The van der Waals surface area contributed by atoms with Crippen molar-refractivity contribution in [2.45, 2.75) is 6.54 Å². The van der Waals surface area contributed by atoms with Gasteiger partial charge in [-0.15, -0.1) is 0 Å². The van der Waals surface area contributed by atoms with Gasteiger partial charge in [0.1, 0.15) is 17.1 Å². The molecule has 0 bridgehead atoms. The van der Waals surface area contributed by atoms with Gasteiger partial charge in [0.15, 0.2) is 0 Å². The van der Waals surface area contributed by atoms with Crippen LogP contribution in [0, 0.1) is 0 Å². The molecule has 0 saturated heterocycles. The van der Waals surface area contributed by atoms with Crippen LogP contribution in [0.15, 0.2) is 22.7 Å². The maximum atomic E-state index is 9.51. The lowest BCUT2D eigenvalue weighted by atomic mass is 10.1. The molecule has 2 aromatic rings. The number of nitrogens with two attached hydrogens (primary N) is 1. The van der Waals surface area contributed by atoms with Gasteiger partial charge in [-0.2, -0.15) is 4.98 Å². The molecule has 0 unspecified atom stereocenters. The lowest BCUT2D eigenvalue weighted by Gasteiger charge is -2.01. The van der Waals surface area contributed by atoms with Gasteiger partial charge in [0.2, 0.25) is 11.7 Å². The third-order valence-electron chi connectivity index (χ3n) is 1.89. The Labute approximate surface area is 85.0 Å². The van der Waals surface area contributed by atoms with Crippen molar-refractivity contribution in [2.75, 3.05) is 0 Å². The molecule has 4 N–H and O–H groups in total. The van der Waals surface area contributed by atoms with E-state index in [2.05, 4.69) is 10.1 Å². The molecule has 0 aliphatic rings. The number of aromatic hydroxyl groups is 2. The summed E-state index contributed by atoms with van der Waals surface area (Å²) in [5.41, 5.74) is 5.44. The van der Waals surface area contributed by atoms with E-state index in [9.17, 15) is 10.2 Å². The Hall–Kier alpha value is -2.08. The van der Waals surface area contributed by atoms with Crippen LogP contribution in [0.25, 0.3) is 11.4 Å². The quantitative estimate of drug-likeness (QED) is 0.666. The van der Waals surface area contributed by atoms with Gasteiger partial charge < -0.3 is 20.5 Å². The van der Waals surface area contributed by atoms with Crippen LogP contribution < -0.4 is 5.73 Å². The normalized spacial score (nSPS) is 10.5. The molecule has 2 rings (SSSR count). The summed E-state index contributed by atoms with van der Waals surface area (Å²) in [6, 6.07) is 4.36. The van der Waals surface area contributed by atoms with Gasteiger partial charge in [0.25, 0.3) is 0 Å². The van der Waals surface area contributed by atoms with Crippen molar-refractivity contribution >= 4 is 0 Å². The molecule has 78 valence electrons. The fourth-order valence-electron chi connectivity index (χ4n) is 1.20. The number of nitrogens with zero attached hydrogens (tertiary/aromatic N) is 2. The zero-order valence-corrected chi connectivity index (χ0v) is 7.71. The molecule has 0 fully saturated rings. The second-order valence-electron chi connectivity index (χ2n) is 2.89. The molecule has 1 aromatic carbocycles. The molecule has 0 spiro atoms. The maximum absolute atomic E-state index is 9.51. The average molecular weight is 207 g/mol. The van der Waals surface area contributed by atoms with Crippen LogP contribution in [0.4, 0.5) is 0 Å². The van der Waals surface area contributed by atoms with Gasteiger partial charge in [-0.3, -0.25) is 0 Å². The predicted molar refractivity (Wildman–Crippen MR) is 51.0 cm³/mol. The number of hydrogen-bond acceptors (Lipinski definition) is 6. The van der Waals surface area contributed by atoms with Crippen LogP contribution in [-0.2, 0) is 6.54 Å². The minimum atomic E-state index is -0.112. The molecule has 1 heterocycles. The third-order valence-corrected chi connectivity index (χ3v) is 1.89. The Morgan fingerprint density at radius 2 is 1.93 bits per heavy atom. The van der Waals surface area contributed by atoms with Gasteiger partial charge in [-0.25, -0.2) is 0 Å². The van der Waals surface area contributed by atoms with E-state index in [0.717, 1.165) is 0 Å². The summed E-state index contributed by atoms with van der Waals surface area (Å²) < 4.78 is 4.77. The minimum Gasteiger partial charge on any atom is -0.507 e. The molecule has 15 heavy (non-hydrogen) atoms. The van der Waals surface area contributed by atoms with Crippen molar-refractivity contribution in [2.24, 2.45) is 5.73 Å². The highest BCUT2D eigenvalue weighted by atomic mass is 16.5. The smallest absolute Gasteiger partial charge is 0.240 e. The van der Waals surface area contributed by atoms with Gasteiger partial charge in [-0.1, -0.05) is 11.2 Å². The van der Waals surface area contributed by atoms with Crippen molar-refractivity contribution in [1.29, 1.82) is 0 Å². The molecule has 6 nitrogen and oxygen atoms in total. The van der Waals surface area contributed by atoms with Crippen LogP contribution in [0.2, 0.25) is 0 Å². The van der Waals surface area contributed by atoms with Crippen molar-refractivity contribution in [3.63, 3.8) is 0 Å². The van der Waals surface area contributed by atoms with E-state index in [0.29, 0.717) is 0 Å². The van der Waals surface area contributed by atoms with Crippen molar-refractivity contribution in [3.8, 4) is 22.9 Å². The minimum absolute atomic E-state index is 0.112. The lowest BCUT2D eigenvalue weighted by Crippen LogP contribution is -1.95. The molecular formula is C9H9N3O3. The zero-order valence-electron chi connectivity index (χ0n) is 7.71. The number of aromatic nitrogens is 2. The summed E-state index contributed by atoms with van der Waals surface area (Å²) in [6.45, 7) is 0.112. The highest BCUT2D eigenvalue weighted by Crippen LogP contribution is 2.34. The van der Waals surface area contributed by atoms with E-state index in [-0.39, 0.29) is 35.3 Å². The Kier molecular flexibility index (Phi) is 2.26. The fourth-order valence-corrected chi connectivity index (χ4v) is 1.20. The first-order chi connectivity index (χ1) is 7.22. The Morgan fingerprint density at radius 1 is 1.27 bits per heavy atom. The highest BCUT2D eigenvalue weighted by molar-refractivity contribution is 5.70. The Morgan fingerprint density at radius 3 is 2.47 bits per heavy atom. The number of rotatable bonds is 2. The summed E-state index contributed by atoms with van der Waals surface area (Å²) in [4.78, 5) is 3.90. The standard InChI is InChI=1S/C9H9N3O3/c10-4-7-11-9(12-15-7)8-5(13)2-1-3-6(8)14/h1-3,13-14H,4,10H2. The molecule has 0 amide bonds. The molecular weight excluding hydrogens is 198 g/mol. The number of hydrogen-bond donors (Lipinski definition) is 3. The first-order valence-electron chi connectivity index (χ1n) is 4.26. The van der Waals surface area contributed by atoms with E-state index in [1.165, 1.54) is 18.2 Å². The van der Waals surface area contributed by atoms with Crippen molar-refractivity contribution < 1.29 is 14.7 Å². The summed E-state index contributed by atoms with van der Waals surface area (Å²) in [5.74, 6) is 0.137. The average Bonchev–Trinajstić information content (AvgIpc) is 2.66. The Bertz CT molecular complexity index is 461. The Balaban J connectivity index is 2.53. The van der Waals surface area contributed by atoms with Crippen LogP contribution >= 0.6 is 0 Å². The zero-order chi connectivity index (χ0) is 10.8. The van der Waals surface area contributed by atoms with Crippen LogP contribution in [-0.4, -0.2) is 20.4 Å².